The Morgan fingerprint density at radius 1 is 1.38 bits per heavy atom. The van der Waals surface area contributed by atoms with Gasteiger partial charge in [0, 0.05) is 20.3 Å². The van der Waals surface area contributed by atoms with Gasteiger partial charge >= 0.3 is 0 Å². The molecule has 0 heterocycles. The predicted octanol–water partition coefficient (Wildman–Crippen LogP) is 2.46. The molecular formula is C16H26N2O3. The first kappa shape index (κ1) is 17.3. The number of rotatable bonds is 8. The lowest BCUT2D eigenvalue weighted by Gasteiger charge is -2.24. The molecule has 5 nitrogen and oxygen atoms in total. The number of methoxy groups -OCH3 is 1. The average Bonchev–Trinajstić information content (AvgIpc) is 2.45. The molecule has 0 atom stereocenters. The van der Waals surface area contributed by atoms with Gasteiger partial charge in [-0.1, -0.05) is 19.9 Å². The van der Waals surface area contributed by atoms with Crippen LogP contribution in [-0.2, 0) is 4.74 Å². The monoisotopic (exact) mass is 294 g/mol. The van der Waals surface area contributed by atoms with Crippen molar-refractivity contribution >= 4 is 11.6 Å². The zero-order chi connectivity index (χ0) is 15.9. The molecule has 21 heavy (non-hydrogen) atoms. The van der Waals surface area contributed by atoms with E-state index in [0.29, 0.717) is 36.8 Å². The summed E-state index contributed by atoms with van der Waals surface area (Å²) in [6, 6.07) is 5.20. The Labute approximate surface area is 126 Å². The Kier molecular flexibility index (Phi) is 6.49. The van der Waals surface area contributed by atoms with Crippen LogP contribution in [-0.4, -0.2) is 32.8 Å². The van der Waals surface area contributed by atoms with E-state index < -0.39 is 0 Å². The summed E-state index contributed by atoms with van der Waals surface area (Å²) in [5.74, 6) is 0.281. The first-order valence-electron chi connectivity index (χ1n) is 7.19. The van der Waals surface area contributed by atoms with Crippen molar-refractivity contribution in [2.45, 2.75) is 27.2 Å². The molecule has 0 aliphatic carbocycles. The molecule has 1 aromatic rings. The molecule has 3 N–H and O–H groups in total. The highest BCUT2D eigenvalue weighted by Crippen LogP contribution is 2.27. The number of nitrogen functional groups attached to an aromatic ring is 1. The van der Waals surface area contributed by atoms with Gasteiger partial charge in [-0.25, -0.2) is 0 Å². The highest BCUT2D eigenvalue weighted by Gasteiger charge is 2.21. The van der Waals surface area contributed by atoms with Gasteiger partial charge in [0.1, 0.15) is 0 Å². The topological polar surface area (TPSA) is 73.6 Å². The van der Waals surface area contributed by atoms with E-state index in [9.17, 15) is 4.79 Å². The minimum Gasteiger partial charge on any atom is -0.491 e. The van der Waals surface area contributed by atoms with Crippen LogP contribution in [0.4, 0.5) is 5.69 Å². The fourth-order valence-corrected chi connectivity index (χ4v) is 1.92. The molecule has 5 heteroatoms. The van der Waals surface area contributed by atoms with E-state index in [1.54, 1.807) is 25.3 Å². The number of para-hydroxylation sites is 1. The lowest BCUT2D eigenvalue weighted by atomic mass is 9.89. The third-order valence-electron chi connectivity index (χ3n) is 3.29. The van der Waals surface area contributed by atoms with E-state index in [1.807, 2.05) is 6.92 Å². The number of carbonyl (C=O) groups is 1. The Balaban J connectivity index is 2.74. The molecule has 1 amide bonds. The van der Waals surface area contributed by atoms with Crippen LogP contribution >= 0.6 is 0 Å². The van der Waals surface area contributed by atoms with Crippen molar-refractivity contribution in [2.75, 3.05) is 32.6 Å². The maximum absolute atomic E-state index is 12.3. The van der Waals surface area contributed by atoms with E-state index in [0.717, 1.165) is 6.42 Å². The largest absolute Gasteiger partial charge is 0.491 e. The van der Waals surface area contributed by atoms with Crippen LogP contribution in [0.25, 0.3) is 0 Å². The van der Waals surface area contributed by atoms with Crippen molar-refractivity contribution in [3.8, 4) is 5.75 Å². The number of anilines is 1. The first-order chi connectivity index (χ1) is 9.91. The van der Waals surface area contributed by atoms with E-state index in [1.165, 1.54) is 0 Å². The van der Waals surface area contributed by atoms with Gasteiger partial charge in [-0.15, -0.1) is 0 Å². The van der Waals surface area contributed by atoms with Crippen LogP contribution in [0.5, 0.6) is 5.75 Å². The van der Waals surface area contributed by atoms with Crippen LogP contribution in [0, 0.1) is 5.41 Å². The number of nitrogens with one attached hydrogen (secondary N) is 1. The Morgan fingerprint density at radius 2 is 2.10 bits per heavy atom. The molecule has 0 aliphatic rings. The minimum absolute atomic E-state index is 0.0300. The standard InChI is InChI=1S/C16H26N2O3/c1-5-21-14-12(7-6-8-13(14)17)15(19)18-11-16(2,3)9-10-20-4/h6-8H,5,9-11,17H2,1-4H3,(H,18,19). The second-order valence-corrected chi connectivity index (χ2v) is 5.75. The summed E-state index contributed by atoms with van der Waals surface area (Å²) < 4.78 is 10.6. The van der Waals surface area contributed by atoms with Crippen LogP contribution in [0.1, 0.15) is 37.6 Å². The van der Waals surface area contributed by atoms with Crippen LogP contribution < -0.4 is 15.8 Å². The third-order valence-corrected chi connectivity index (χ3v) is 3.29. The summed E-state index contributed by atoms with van der Waals surface area (Å²) in [7, 11) is 1.68. The number of hydrogen-bond acceptors (Lipinski definition) is 4. The summed E-state index contributed by atoms with van der Waals surface area (Å²) >= 11 is 0. The Morgan fingerprint density at radius 3 is 2.71 bits per heavy atom. The number of carbonyl (C=O) groups excluding carboxylic acids is 1. The molecule has 0 fully saturated rings. The van der Waals surface area contributed by atoms with Gasteiger partial charge in [-0.05, 0) is 30.9 Å². The smallest absolute Gasteiger partial charge is 0.255 e. The number of ether oxygens (including phenoxy) is 2. The van der Waals surface area contributed by atoms with Crippen molar-refractivity contribution in [2.24, 2.45) is 5.41 Å². The van der Waals surface area contributed by atoms with Crippen molar-refractivity contribution in [3.05, 3.63) is 23.8 Å². The molecule has 0 spiro atoms. The first-order valence-corrected chi connectivity index (χ1v) is 7.19. The molecule has 0 aliphatic heterocycles. The second kappa shape index (κ2) is 7.88. The molecule has 0 radical (unpaired) electrons. The third kappa shape index (κ3) is 5.27. The van der Waals surface area contributed by atoms with E-state index in [2.05, 4.69) is 19.2 Å². The molecule has 0 saturated heterocycles. The summed E-state index contributed by atoms with van der Waals surface area (Å²) in [5.41, 5.74) is 6.79. The van der Waals surface area contributed by atoms with Crippen molar-refractivity contribution < 1.29 is 14.3 Å². The van der Waals surface area contributed by atoms with Crippen LogP contribution in [0.2, 0.25) is 0 Å². The highest BCUT2D eigenvalue weighted by atomic mass is 16.5. The zero-order valence-corrected chi connectivity index (χ0v) is 13.4. The van der Waals surface area contributed by atoms with Crippen LogP contribution in [0.3, 0.4) is 0 Å². The molecule has 0 bridgehead atoms. The van der Waals surface area contributed by atoms with Gasteiger partial charge < -0.3 is 20.5 Å². The molecule has 0 unspecified atom stereocenters. The molecular weight excluding hydrogens is 268 g/mol. The maximum atomic E-state index is 12.3. The predicted molar refractivity (Wildman–Crippen MR) is 84.6 cm³/mol. The summed E-state index contributed by atoms with van der Waals surface area (Å²) in [6.45, 7) is 7.75. The van der Waals surface area contributed by atoms with Gasteiger partial charge in [-0.3, -0.25) is 4.79 Å². The maximum Gasteiger partial charge on any atom is 0.255 e. The number of hydrogen-bond donors (Lipinski definition) is 2. The number of benzene rings is 1. The average molecular weight is 294 g/mol. The molecule has 118 valence electrons. The fourth-order valence-electron chi connectivity index (χ4n) is 1.92. The van der Waals surface area contributed by atoms with E-state index in [4.69, 9.17) is 15.2 Å². The van der Waals surface area contributed by atoms with Crippen molar-refractivity contribution in [1.82, 2.24) is 5.32 Å². The molecule has 0 saturated carbocycles. The normalized spacial score (nSPS) is 11.2. The molecule has 1 aromatic carbocycles. The zero-order valence-electron chi connectivity index (χ0n) is 13.4. The van der Waals surface area contributed by atoms with Gasteiger partial charge in [0.05, 0.1) is 17.9 Å². The SMILES string of the molecule is CCOc1c(N)cccc1C(=O)NCC(C)(C)CCOC. The van der Waals surface area contributed by atoms with Crippen molar-refractivity contribution in [3.63, 3.8) is 0 Å². The van der Waals surface area contributed by atoms with E-state index >= 15 is 0 Å². The number of amides is 1. The Hall–Kier alpha value is -1.75. The number of nitrogens with two attached hydrogens (primary N) is 1. The summed E-state index contributed by atoms with van der Waals surface area (Å²) in [4.78, 5) is 12.3. The highest BCUT2D eigenvalue weighted by molar-refractivity contribution is 5.98. The summed E-state index contributed by atoms with van der Waals surface area (Å²) in [6.07, 6.45) is 0.874. The van der Waals surface area contributed by atoms with Gasteiger partial charge in [-0.2, -0.15) is 0 Å². The lowest BCUT2D eigenvalue weighted by molar-refractivity contribution is 0.0917. The van der Waals surface area contributed by atoms with Crippen LogP contribution in [0.15, 0.2) is 18.2 Å². The van der Waals surface area contributed by atoms with Gasteiger partial charge in [0.2, 0.25) is 0 Å². The quantitative estimate of drug-likeness (QED) is 0.722. The summed E-state index contributed by atoms with van der Waals surface area (Å²) in [5, 5.41) is 2.94. The van der Waals surface area contributed by atoms with E-state index in [-0.39, 0.29) is 11.3 Å². The van der Waals surface area contributed by atoms with Crippen molar-refractivity contribution in [1.29, 1.82) is 0 Å². The minimum atomic E-state index is -0.170. The Bertz CT molecular complexity index is 473. The molecule has 0 aromatic heterocycles. The second-order valence-electron chi connectivity index (χ2n) is 5.75. The van der Waals surface area contributed by atoms with Gasteiger partial charge in [0.15, 0.2) is 5.75 Å². The van der Waals surface area contributed by atoms with Gasteiger partial charge in [0.25, 0.3) is 5.91 Å². The fraction of sp³-hybridized carbons (Fsp3) is 0.562. The lowest BCUT2D eigenvalue weighted by Crippen LogP contribution is -2.35. The molecule has 1 rings (SSSR count).